The number of benzene rings is 1. The highest BCUT2D eigenvalue weighted by Gasteiger charge is 2.04. The fourth-order valence-corrected chi connectivity index (χ4v) is 1.81. The smallest absolute Gasteiger partial charge is 0.0712 e. The molecular weight excluding hydrogens is 206 g/mol. The summed E-state index contributed by atoms with van der Waals surface area (Å²) in [5, 5.41) is 0. The highest BCUT2D eigenvalue weighted by atomic mass is 14.7. The molecule has 0 fully saturated rings. The summed E-state index contributed by atoms with van der Waals surface area (Å²) in [6, 6.07) is 14.5. The average Bonchev–Trinajstić information content (AvgIpc) is 2.38. The summed E-state index contributed by atoms with van der Waals surface area (Å²) >= 11 is 0. The van der Waals surface area contributed by atoms with Gasteiger partial charge in [0, 0.05) is 5.56 Å². The maximum absolute atomic E-state index is 4.71. The summed E-state index contributed by atoms with van der Waals surface area (Å²) in [5.41, 5.74) is 5.77. The zero-order chi connectivity index (χ0) is 12.3. The molecule has 2 aromatic rings. The van der Waals surface area contributed by atoms with Gasteiger partial charge < -0.3 is 0 Å². The van der Waals surface area contributed by atoms with Crippen LogP contribution in [0, 0.1) is 6.92 Å². The predicted molar refractivity (Wildman–Crippen MR) is 73.7 cm³/mol. The Morgan fingerprint density at radius 2 is 1.82 bits per heavy atom. The molecule has 0 aliphatic rings. The second-order valence-corrected chi connectivity index (χ2v) is 4.19. The van der Waals surface area contributed by atoms with Crippen molar-refractivity contribution in [3.05, 3.63) is 59.8 Å². The van der Waals surface area contributed by atoms with Crippen LogP contribution in [0.4, 0.5) is 0 Å². The van der Waals surface area contributed by atoms with E-state index in [0.717, 1.165) is 11.4 Å². The van der Waals surface area contributed by atoms with Gasteiger partial charge in [0.05, 0.1) is 11.4 Å². The lowest BCUT2D eigenvalue weighted by atomic mass is 10.0. The van der Waals surface area contributed by atoms with Crippen LogP contribution in [0.5, 0.6) is 0 Å². The van der Waals surface area contributed by atoms with E-state index in [2.05, 4.69) is 62.4 Å². The van der Waals surface area contributed by atoms with Gasteiger partial charge in [-0.3, -0.25) is 0 Å². The van der Waals surface area contributed by atoms with Gasteiger partial charge in [0.15, 0.2) is 0 Å². The van der Waals surface area contributed by atoms with Crippen LogP contribution in [0.2, 0.25) is 0 Å². The normalized spacial score (nSPS) is 11.6. The summed E-state index contributed by atoms with van der Waals surface area (Å²) in [7, 11) is 0. The molecule has 0 spiro atoms. The molecule has 1 heterocycles. The fraction of sp³-hybridized carbons (Fsp3) is 0.188. The third-order valence-corrected chi connectivity index (χ3v) is 3.01. The second kappa shape index (κ2) is 4.96. The van der Waals surface area contributed by atoms with Gasteiger partial charge in [0.2, 0.25) is 0 Å². The maximum Gasteiger partial charge on any atom is 0.0712 e. The molecule has 2 rings (SSSR count). The first-order valence-corrected chi connectivity index (χ1v) is 5.88. The van der Waals surface area contributed by atoms with Crippen LogP contribution in [-0.4, -0.2) is 4.98 Å². The number of aryl methyl sites for hydroxylation is 1. The lowest BCUT2D eigenvalue weighted by Crippen LogP contribution is -1.91. The molecular formula is C16H17N. The van der Waals surface area contributed by atoms with E-state index in [4.69, 9.17) is 4.98 Å². The summed E-state index contributed by atoms with van der Waals surface area (Å²) in [6.07, 6.45) is 2.09. The van der Waals surface area contributed by atoms with E-state index >= 15 is 0 Å². The van der Waals surface area contributed by atoms with E-state index in [9.17, 15) is 0 Å². The molecule has 1 heteroatoms. The third-order valence-electron chi connectivity index (χ3n) is 3.01. The number of aromatic nitrogens is 1. The minimum atomic E-state index is 1.04. The van der Waals surface area contributed by atoms with Crippen molar-refractivity contribution in [3.8, 4) is 11.3 Å². The number of rotatable bonds is 2. The summed E-state index contributed by atoms with van der Waals surface area (Å²) in [6.45, 7) is 6.24. The summed E-state index contributed by atoms with van der Waals surface area (Å²) < 4.78 is 0. The van der Waals surface area contributed by atoms with Crippen LogP contribution < -0.4 is 0 Å². The summed E-state index contributed by atoms with van der Waals surface area (Å²) in [5.74, 6) is 0. The van der Waals surface area contributed by atoms with Crippen molar-refractivity contribution in [3.63, 3.8) is 0 Å². The van der Waals surface area contributed by atoms with Gasteiger partial charge in [-0.2, -0.15) is 0 Å². The van der Waals surface area contributed by atoms with E-state index < -0.39 is 0 Å². The number of hydrogen-bond acceptors (Lipinski definition) is 1. The first-order valence-electron chi connectivity index (χ1n) is 5.88. The molecule has 0 unspecified atom stereocenters. The third kappa shape index (κ3) is 2.44. The first kappa shape index (κ1) is 11.6. The van der Waals surface area contributed by atoms with Crippen LogP contribution in [0.25, 0.3) is 16.8 Å². The van der Waals surface area contributed by atoms with E-state index in [0.29, 0.717) is 0 Å². The molecule has 0 aliphatic heterocycles. The van der Waals surface area contributed by atoms with Crippen LogP contribution in [-0.2, 0) is 0 Å². The van der Waals surface area contributed by atoms with Gasteiger partial charge in [-0.1, -0.05) is 36.4 Å². The molecule has 1 aromatic carbocycles. The van der Waals surface area contributed by atoms with Gasteiger partial charge in [-0.05, 0) is 44.0 Å². The number of pyridine rings is 1. The minimum absolute atomic E-state index is 1.04. The Morgan fingerprint density at radius 1 is 1.06 bits per heavy atom. The maximum atomic E-state index is 4.71. The Balaban J connectivity index is 2.51. The molecule has 1 aromatic heterocycles. The van der Waals surface area contributed by atoms with Crippen molar-refractivity contribution in [1.29, 1.82) is 0 Å². The number of nitrogens with zero attached hydrogens (tertiary/aromatic N) is 1. The number of hydrogen-bond donors (Lipinski definition) is 0. The van der Waals surface area contributed by atoms with Crippen molar-refractivity contribution in [2.75, 3.05) is 0 Å². The van der Waals surface area contributed by atoms with Gasteiger partial charge >= 0.3 is 0 Å². The molecule has 0 atom stereocenters. The van der Waals surface area contributed by atoms with Crippen molar-refractivity contribution >= 4 is 5.57 Å². The van der Waals surface area contributed by atoms with Crippen molar-refractivity contribution in [2.24, 2.45) is 0 Å². The van der Waals surface area contributed by atoms with Crippen LogP contribution in [0.15, 0.2) is 48.5 Å². The van der Waals surface area contributed by atoms with Crippen LogP contribution in [0.1, 0.15) is 25.1 Å². The number of allylic oxidation sites excluding steroid dienone is 2. The Labute approximate surface area is 103 Å². The van der Waals surface area contributed by atoms with Gasteiger partial charge in [0.1, 0.15) is 0 Å². The molecule has 1 nitrogen and oxygen atoms in total. The highest BCUT2D eigenvalue weighted by molar-refractivity contribution is 5.67. The zero-order valence-electron chi connectivity index (χ0n) is 10.6. The second-order valence-electron chi connectivity index (χ2n) is 4.19. The predicted octanol–water partition coefficient (Wildman–Crippen LogP) is 4.48. The van der Waals surface area contributed by atoms with E-state index in [1.165, 1.54) is 16.7 Å². The first-order chi connectivity index (χ1) is 8.22. The Bertz CT molecular complexity index is 553. The van der Waals surface area contributed by atoms with Crippen molar-refractivity contribution in [1.82, 2.24) is 4.98 Å². The SMILES string of the molecule is CC=C(C)c1cccc(-c2ccccc2C)n1. The summed E-state index contributed by atoms with van der Waals surface area (Å²) in [4.78, 5) is 4.71. The molecule has 17 heavy (non-hydrogen) atoms. The molecule has 86 valence electrons. The molecule has 0 saturated heterocycles. The molecule has 0 N–H and O–H groups in total. The molecule has 0 radical (unpaired) electrons. The fourth-order valence-electron chi connectivity index (χ4n) is 1.81. The van der Waals surface area contributed by atoms with Gasteiger partial charge in [-0.15, -0.1) is 0 Å². The molecule has 0 amide bonds. The Morgan fingerprint density at radius 3 is 2.53 bits per heavy atom. The van der Waals surface area contributed by atoms with E-state index in [-0.39, 0.29) is 0 Å². The van der Waals surface area contributed by atoms with Gasteiger partial charge in [0.25, 0.3) is 0 Å². The molecule has 0 saturated carbocycles. The van der Waals surface area contributed by atoms with Gasteiger partial charge in [-0.25, -0.2) is 4.98 Å². The topological polar surface area (TPSA) is 12.9 Å². The largest absolute Gasteiger partial charge is 0.248 e. The Hall–Kier alpha value is -1.89. The highest BCUT2D eigenvalue weighted by Crippen LogP contribution is 2.22. The standard InChI is InChI=1S/C16H17N/c1-4-12(2)15-10-7-11-16(17-15)14-9-6-5-8-13(14)3/h4-11H,1-3H3. The quantitative estimate of drug-likeness (QED) is 0.731. The van der Waals surface area contributed by atoms with E-state index in [1.54, 1.807) is 0 Å². The average molecular weight is 223 g/mol. The van der Waals surface area contributed by atoms with Crippen LogP contribution in [0.3, 0.4) is 0 Å². The lowest BCUT2D eigenvalue weighted by Gasteiger charge is -2.07. The monoisotopic (exact) mass is 223 g/mol. The van der Waals surface area contributed by atoms with E-state index in [1.807, 2.05) is 6.92 Å². The Kier molecular flexibility index (Phi) is 3.38. The lowest BCUT2D eigenvalue weighted by molar-refractivity contribution is 1.25. The zero-order valence-corrected chi connectivity index (χ0v) is 10.6. The van der Waals surface area contributed by atoms with Crippen molar-refractivity contribution < 1.29 is 0 Å². The minimum Gasteiger partial charge on any atom is -0.248 e. The molecule has 0 bridgehead atoms. The molecule has 0 aliphatic carbocycles. The van der Waals surface area contributed by atoms with Crippen LogP contribution >= 0.6 is 0 Å². The van der Waals surface area contributed by atoms with Crippen molar-refractivity contribution in [2.45, 2.75) is 20.8 Å².